The van der Waals surface area contributed by atoms with Gasteiger partial charge in [0, 0.05) is 25.4 Å². The molecule has 4 heteroatoms. The summed E-state index contributed by atoms with van der Waals surface area (Å²) in [5.74, 6) is 0.831. The van der Waals surface area contributed by atoms with Crippen molar-refractivity contribution in [3.05, 3.63) is 29.3 Å². The number of benzene rings is 1. The molecular weight excluding hydrogens is 240 g/mol. The predicted octanol–water partition coefficient (Wildman–Crippen LogP) is 1.54. The Morgan fingerprint density at radius 1 is 1.42 bits per heavy atom. The van der Waals surface area contributed by atoms with Crippen LogP contribution >= 0.6 is 0 Å². The molecule has 4 nitrogen and oxygen atoms in total. The molecular formula is C15H22N2O2. The number of aliphatic hydroxyl groups is 1. The highest BCUT2D eigenvalue weighted by molar-refractivity contribution is 5.99. The van der Waals surface area contributed by atoms with Crippen LogP contribution in [-0.4, -0.2) is 24.2 Å². The summed E-state index contributed by atoms with van der Waals surface area (Å²) in [7, 11) is 0. The van der Waals surface area contributed by atoms with Crippen LogP contribution in [-0.2, 0) is 17.8 Å². The van der Waals surface area contributed by atoms with Gasteiger partial charge < -0.3 is 15.7 Å². The van der Waals surface area contributed by atoms with Gasteiger partial charge in [0.05, 0.1) is 6.42 Å². The Bertz CT molecular complexity index is 457. The van der Waals surface area contributed by atoms with E-state index in [2.05, 4.69) is 30.5 Å². The largest absolute Gasteiger partial charge is 0.396 e. The van der Waals surface area contributed by atoms with Crippen LogP contribution in [0.25, 0.3) is 0 Å². The highest BCUT2D eigenvalue weighted by atomic mass is 16.3. The van der Waals surface area contributed by atoms with E-state index in [0.29, 0.717) is 12.3 Å². The van der Waals surface area contributed by atoms with E-state index in [1.807, 2.05) is 12.1 Å². The van der Waals surface area contributed by atoms with Gasteiger partial charge in [-0.2, -0.15) is 0 Å². The third kappa shape index (κ3) is 3.55. The third-order valence-electron chi connectivity index (χ3n) is 3.71. The van der Waals surface area contributed by atoms with Crippen molar-refractivity contribution >= 4 is 11.6 Å². The summed E-state index contributed by atoms with van der Waals surface area (Å²) >= 11 is 0. The summed E-state index contributed by atoms with van der Waals surface area (Å²) in [6.07, 6.45) is 0.481. The molecule has 19 heavy (non-hydrogen) atoms. The Morgan fingerprint density at radius 3 is 2.89 bits per heavy atom. The molecule has 1 unspecified atom stereocenters. The first-order valence-electron chi connectivity index (χ1n) is 6.83. The average molecular weight is 262 g/mol. The Hall–Kier alpha value is -1.39. The zero-order chi connectivity index (χ0) is 13.8. The van der Waals surface area contributed by atoms with Crippen LogP contribution in [0, 0.1) is 11.8 Å². The van der Waals surface area contributed by atoms with Crippen LogP contribution in [0.5, 0.6) is 0 Å². The van der Waals surface area contributed by atoms with E-state index in [1.54, 1.807) is 0 Å². The number of anilines is 1. The quantitative estimate of drug-likeness (QED) is 0.728. The van der Waals surface area contributed by atoms with Crippen molar-refractivity contribution in [2.24, 2.45) is 11.8 Å². The number of fused-ring (bicyclic) bond motifs is 1. The number of amides is 1. The van der Waals surface area contributed by atoms with E-state index < -0.39 is 0 Å². The summed E-state index contributed by atoms with van der Waals surface area (Å²) in [6.45, 7) is 6.03. The maximum absolute atomic E-state index is 11.3. The zero-order valence-electron chi connectivity index (χ0n) is 11.6. The fraction of sp³-hybridized carbons (Fsp3) is 0.533. The molecule has 104 valence electrons. The van der Waals surface area contributed by atoms with Crippen molar-refractivity contribution in [3.63, 3.8) is 0 Å². The van der Waals surface area contributed by atoms with Gasteiger partial charge >= 0.3 is 0 Å². The van der Waals surface area contributed by atoms with E-state index in [4.69, 9.17) is 0 Å². The molecule has 0 fully saturated rings. The lowest BCUT2D eigenvalue weighted by molar-refractivity contribution is -0.115. The standard InChI is InChI=1S/C15H22N2O2/c1-10(2)13(9-18)8-16-7-11-3-4-14-12(5-11)6-15(19)17-14/h3-5,10,13,16,18H,6-9H2,1-2H3,(H,17,19). The molecule has 2 rings (SSSR count). The first-order chi connectivity index (χ1) is 9.10. The topological polar surface area (TPSA) is 61.4 Å². The van der Waals surface area contributed by atoms with Crippen molar-refractivity contribution in [1.82, 2.24) is 5.32 Å². The third-order valence-corrected chi connectivity index (χ3v) is 3.71. The second kappa shape index (κ2) is 6.17. The van der Waals surface area contributed by atoms with E-state index in [9.17, 15) is 9.90 Å². The van der Waals surface area contributed by atoms with Crippen LogP contribution < -0.4 is 10.6 Å². The normalized spacial score (nSPS) is 15.5. The first kappa shape index (κ1) is 14.0. The molecule has 0 bridgehead atoms. The van der Waals surface area contributed by atoms with E-state index in [-0.39, 0.29) is 18.4 Å². The van der Waals surface area contributed by atoms with Crippen molar-refractivity contribution in [3.8, 4) is 0 Å². The molecule has 0 radical (unpaired) electrons. The molecule has 1 aliphatic rings. The van der Waals surface area contributed by atoms with Crippen LogP contribution in [0.2, 0.25) is 0 Å². The maximum Gasteiger partial charge on any atom is 0.228 e. The lowest BCUT2D eigenvalue weighted by Crippen LogP contribution is -2.28. The highest BCUT2D eigenvalue weighted by Gasteiger charge is 2.17. The molecule has 0 saturated heterocycles. The van der Waals surface area contributed by atoms with E-state index in [0.717, 1.165) is 24.3 Å². The van der Waals surface area contributed by atoms with Crippen LogP contribution in [0.1, 0.15) is 25.0 Å². The molecule has 1 aromatic rings. The first-order valence-corrected chi connectivity index (χ1v) is 6.83. The Morgan fingerprint density at radius 2 is 2.21 bits per heavy atom. The van der Waals surface area contributed by atoms with Crippen molar-refractivity contribution < 1.29 is 9.90 Å². The van der Waals surface area contributed by atoms with Gasteiger partial charge in [-0.05, 0) is 29.0 Å². The van der Waals surface area contributed by atoms with Gasteiger partial charge in [-0.1, -0.05) is 26.0 Å². The minimum Gasteiger partial charge on any atom is -0.396 e. The second-order valence-electron chi connectivity index (χ2n) is 5.53. The molecule has 1 atom stereocenters. The Labute approximate surface area is 114 Å². The fourth-order valence-corrected chi connectivity index (χ4v) is 2.31. The molecule has 1 heterocycles. The SMILES string of the molecule is CC(C)C(CO)CNCc1ccc2c(c1)CC(=O)N2. The molecule has 1 amide bonds. The Balaban J connectivity index is 1.87. The monoisotopic (exact) mass is 262 g/mol. The number of aliphatic hydroxyl groups excluding tert-OH is 1. The summed E-state index contributed by atoms with van der Waals surface area (Å²) in [6, 6.07) is 6.06. The number of hydrogen-bond donors (Lipinski definition) is 3. The van der Waals surface area contributed by atoms with Crippen LogP contribution in [0.3, 0.4) is 0 Å². The second-order valence-corrected chi connectivity index (χ2v) is 5.53. The summed E-state index contributed by atoms with van der Waals surface area (Å²) in [5.41, 5.74) is 3.19. The molecule has 0 aromatic heterocycles. The van der Waals surface area contributed by atoms with Gasteiger partial charge in [-0.3, -0.25) is 4.79 Å². The van der Waals surface area contributed by atoms with Gasteiger partial charge in [0.15, 0.2) is 0 Å². The smallest absolute Gasteiger partial charge is 0.228 e. The van der Waals surface area contributed by atoms with Gasteiger partial charge in [-0.25, -0.2) is 0 Å². The van der Waals surface area contributed by atoms with E-state index >= 15 is 0 Å². The van der Waals surface area contributed by atoms with Gasteiger partial charge in [0.25, 0.3) is 0 Å². The van der Waals surface area contributed by atoms with Gasteiger partial charge in [-0.15, -0.1) is 0 Å². The van der Waals surface area contributed by atoms with Gasteiger partial charge in [0.2, 0.25) is 5.91 Å². The minimum atomic E-state index is 0.0697. The molecule has 0 spiro atoms. The number of carbonyl (C=O) groups excluding carboxylic acids is 1. The van der Waals surface area contributed by atoms with Crippen molar-refractivity contribution in [1.29, 1.82) is 0 Å². The molecule has 1 aliphatic heterocycles. The molecule has 1 aromatic carbocycles. The van der Waals surface area contributed by atoms with Crippen LogP contribution in [0.4, 0.5) is 5.69 Å². The summed E-state index contributed by atoms with van der Waals surface area (Å²) in [5, 5.41) is 15.5. The number of nitrogens with one attached hydrogen (secondary N) is 2. The fourth-order valence-electron chi connectivity index (χ4n) is 2.31. The minimum absolute atomic E-state index is 0.0697. The molecule has 3 N–H and O–H groups in total. The van der Waals surface area contributed by atoms with Crippen molar-refractivity contribution in [2.75, 3.05) is 18.5 Å². The van der Waals surface area contributed by atoms with Gasteiger partial charge in [0.1, 0.15) is 0 Å². The molecule has 0 saturated carbocycles. The highest BCUT2D eigenvalue weighted by Crippen LogP contribution is 2.23. The number of rotatable bonds is 6. The zero-order valence-corrected chi connectivity index (χ0v) is 11.6. The lowest BCUT2D eigenvalue weighted by atomic mass is 9.97. The van der Waals surface area contributed by atoms with Crippen molar-refractivity contribution in [2.45, 2.75) is 26.8 Å². The van der Waals surface area contributed by atoms with Crippen LogP contribution in [0.15, 0.2) is 18.2 Å². The summed E-state index contributed by atoms with van der Waals surface area (Å²) < 4.78 is 0. The number of carbonyl (C=O) groups is 1. The molecule has 0 aliphatic carbocycles. The Kier molecular flexibility index (Phi) is 4.56. The lowest BCUT2D eigenvalue weighted by Gasteiger charge is -2.18. The summed E-state index contributed by atoms with van der Waals surface area (Å²) in [4.78, 5) is 11.3. The van der Waals surface area contributed by atoms with E-state index in [1.165, 1.54) is 5.56 Å². The maximum atomic E-state index is 11.3. The predicted molar refractivity (Wildman–Crippen MR) is 75.9 cm³/mol. The number of hydrogen-bond acceptors (Lipinski definition) is 3. The average Bonchev–Trinajstić information content (AvgIpc) is 2.73.